The van der Waals surface area contributed by atoms with Crippen molar-refractivity contribution in [2.24, 2.45) is 5.92 Å². The predicted octanol–water partition coefficient (Wildman–Crippen LogP) is 3.36. The average molecular weight is 431 g/mol. The molecule has 2 aromatic heterocycles. The minimum atomic E-state index is -0.903. The Balaban J connectivity index is 1.40. The molecule has 0 saturated carbocycles. The van der Waals surface area contributed by atoms with E-state index in [9.17, 15) is 14.4 Å². The number of likely N-dealkylation sites (tertiary alicyclic amines) is 1. The number of thiophene rings is 1. The number of piperidine rings is 1. The van der Waals surface area contributed by atoms with E-state index < -0.39 is 5.97 Å². The number of rotatable bonds is 9. The summed E-state index contributed by atoms with van der Waals surface area (Å²) in [4.78, 5) is 38.5. The van der Waals surface area contributed by atoms with Gasteiger partial charge in [-0.25, -0.2) is 0 Å². The quantitative estimate of drug-likeness (QED) is 0.594. The normalized spacial score (nSPS) is 15.9. The molecule has 1 saturated heterocycles. The second-order valence-electron chi connectivity index (χ2n) is 7.44. The van der Waals surface area contributed by atoms with Crippen LogP contribution in [-0.4, -0.2) is 47.4 Å². The number of hydrogen-bond acceptors (Lipinski definition) is 5. The molecule has 2 aromatic rings. The van der Waals surface area contributed by atoms with Crippen molar-refractivity contribution < 1.29 is 23.9 Å². The molecule has 1 aliphatic heterocycles. The van der Waals surface area contributed by atoms with Gasteiger partial charge >= 0.3 is 5.97 Å². The molecule has 3 rings (SSSR count). The zero-order valence-corrected chi connectivity index (χ0v) is 17.5. The molecule has 0 unspecified atom stereocenters. The van der Waals surface area contributed by atoms with Crippen LogP contribution in [0.1, 0.15) is 42.2 Å². The second-order valence-corrected chi connectivity index (χ2v) is 8.42. The van der Waals surface area contributed by atoms with Gasteiger partial charge in [0.25, 0.3) is 0 Å². The third-order valence-corrected chi connectivity index (χ3v) is 6.28. The monoisotopic (exact) mass is 430 g/mol. The summed E-state index contributed by atoms with van der Waals surface area (Å²) in [5.41, 5.74) is 0. The SMILES string of the molecule is O=C(O)C[C@@H](CC(=O)NCC1CCN(C(=O)/C=C/c2ccco2)CC1)c1cccs1. The van der Waals surface area contributed by atoms with E-state index >= 15 is 0 Å². The van der Waals surface area contributed by atoms with Gasteiger partial charge in [0.1, 0.15) is 5.76 Å². The Morgan fingerprint density at radius 3 is 2.67 bits per heavy atom. The van der Waals surface area contributed by atoms with Crippen molar-refractivity contribution in [2.45, 2.75) is 31.6 Å². The topological polar surface area (TPSA) is 99.8 Å². The zero-order chi connectivity index (χ0) is 21.3. The van der Waals surface area contributed by atoms with E-state index in [0.717, 1.165) is 17.7 Å². The third-order valence-electron chi connectivity index (χ3n) is 5.25. The number of carboxylic acids is 1. The molecular weight excluding hydrogens is 404 g/mol. The van der Waals surface area contributed by atoms with Gasteiger partial charge in [-0.1, -0.05) is 6.07 Å². The maximum Gasteiger partial charge on any atom is 0.304 e. The number of hydrogen-bond donors (Lipinski definition) is 2. The van der Waals surface area contributed by atoms with Gasteiger partial charge in [-0.2, -0.15) is 0 Å². The van der Waals surface area contributed by atoms with Gasteiger partial charge in [-0.15, -0.1) is 11.3 Å². The van der Waals surface area contributed by atoms with Crippen molar-refractivity contribution >= 4 is 35.2 Å². The first-order valence-corrected chi connectivity index (χ1v) is 10.9. The van der Waals surface area contributed by atoms with E-state index in [1.165, 1.54) is 17.4 Å². The molecule has 0 aliphatic carbocycles. The molecule has 0 spiro atoms. The van der Waals surface area contributed by atoms with Crippen molar-refractivity contribution in [3.63, 3.8) is 0 Å². The first kappa shape index (κ1) is 21.8. The highest BCUT2D eigenvalue weighted by atomic mass is 32.1. The van der Waals surface area contributed by atoms with Crippen LogP contribution in [-0.2, 0) is 14.4 Å². The lowest BCUT2D eigenvalue weighted by Gasteiger charge is -2.31. The fourth-order valence-corrected chi connectivity index (χ4v) is 4.39. The van der Waals surface area contributed by atoms with E-state index in [1.54, 1.807) is 29.4 Å². The minimum Gasteiger partial charge on any atom is -0.481 e. The number of carbonyl (C=O) groups is 3. The lowest BCUT2D eigenvalue weighted by Crippen LogP contribution is -2.41. The first-order valence-electron chi connectivity index (χ1n) is 10.0. The summed E-state index contributed by atoms with van der Waals surface area (Å²) < 4.78 is 5.19. The molecule has 1 fully saturated rings. The highest BCUT2D eigenvalue weighted by Crippen LogP contribution is 2.27. The van der Waals surface area contributed by atoms with Gasteiger partial charge in [0.2, 0.25) is 11.8 Å². The summed E-state index contributed by atoms with van der Waals surface area (Å²) >= 11 is 1.47. The van der Waals surface area contributed by atoms with Crippen LogP contribution in [0.25, 0.3) is 6.08 Å². The molecule has 8 heteroatoms. The first-order chi connectivity index (χ1) is 14.5. The Kier molecular flexibility index (Phi) is 7.84. The maximum absolute atomic E-state index is 12.4. The van der Waals surface area contributed by atoms with Gasteiger partial charge in [-0.3, -0.25) is 14.4 Å². The number of nitrogens with one attached hydrogen (secondary N) is 1. The molecule has 3 heterocycles. The van der Waals surface area contributed by atoms with Crippen molar-refractivity contribution in [2.75, 3.05) is 19.6 Å². The Morgan fingerprint density at radius 2 is 2.03 bits per heavy atom. The molecule has 30 heavy (non-hydrogen) atoms. The van der Waals surface area contributed by atoms with Crippen LogP contribution < -0.4 is 5.32 Å². The highest BCUT2D eigenvalue weighted by molar-refractivity contribution is 7.10. The van der Waals surface area contributed by atoms with E-state index in [1.807, 2.05) is 17.5 Å². The summed E-state index contributed by atoms with van der Waals surface area (Å²) in [5.74, 6) is -0.422. The van der Waals surface area contributed by atoms with Crippen molar-refractivity contribution in [1.82, 2.24) is 10.2 Å². The summed E-state index contributed by atoms with van der Waals surface area (Å²) in [5, 5.41) is 14.0. The molecule has 2 N–H and O–H groups in total. The van der Waals surface area contributed by atoms with E-state index in [4.69, 9.17) is 9.52 Å². The zero-order valence-electron chi connectivity index (χ0n) is 16.7. The summed E-state index contributed by atoms with van der Waals surface area (Å²) in [6, 6.07) is 7.30. The van der Waals surface area contributed by atoms with E-state index in [0.29, 0.717) is 31.3 Å². The van der Waals surface area contributed by atoms with Gasteiger partial charge < -0.3 is 19.7 Å². The smallest absolute Gasteiger partial charge is 0.304 e. The van der Waals surface area contributed by atoms with E-state index in [2.05, 4.69) is 5.32 Å². The largest absolute Gasteiger partial charge is 0.481 e. The standard InChI is InChI=1S/C22H26N2O5S/c25-20(13-17(14-22(27)28)19-4-2-12-30-19)23-15-16-7-9-24(10-8-16)21(26)6-5-18-3-1-11-29-18/h1-6,11-12,16-17H,7-10,13-15H2,(H,23,25)(H,27,28)/b6-5+/t17-/m1/s1. The Morgan fingerprint density at radius 1 is 1.23 bits per heavy atom. The molecule has 1 aliphatic rings. The summed E-state index contributed by atoms with van der Waals surface area (Å²) in [6.07, 6.45) is 6.51. The molecule has 0 bridgehead atoms. The summed E-state index contributed by atoms with van der Waals surface area (Å²) in [6.45, 7) is 1.85. The van der Waals surface area contributed by atoms with Gasteiger partial charge in [-0.05, 0) is 48.4 Å². The molecule has 0 radical (unpaired) electrons. The fraction of sp³-hybridized carbons (Fsp3) is 0.409. The Hall–Kier alpha value is -2.87. The lowest BCUT2D eigenvalue weighted by molar-refractivity contribution is -0.137. The van der Waals surface area contributed by atoms with Crippen LogP contribution in [0.3, 0.4) is 0 Å². The third kappa shape index (κ3) is 6.59. The molecule has 160 valence electrons. The number of furan rings is 1. The second kappa shape index (κ2) is 10.8. The van der Waals surface area contributed by atoms with Crippen LogP contribution >= 0.6 is 11.3 Å². The van der Waals surface area contributed by atoms with Crippen LogP contribution in [0.5, 0.6) is 0 Å². The lowest BCUT2D eigenvalue weighted by atomic mass is 9.95. The van der Waals surface area contributed by atoms with Crippen LogP contribution in [0.15, 0.2) is 46.4 Å². The minimum absolute atomic E-state index is 0.0404. The van der Waals surface area contributed by atoms with Gasteiger partial charge in [0.15, 0.2) is 0 Å². The number of nitrogens with zero attached hydrogens (tertiary/aromatic N) is 1. The van der Waals surface area contributed by atoms with Crippen molar-refractivity contribution in [3.05, 3.63) is 52.6 Å². The highest BCUT2D eigenvalue weighted by Gasteiger charge is 2.24. The van der Waals surface area contributed by atoms with E-state index in [-0.39, 0.29) is 30.6 Å². The number of carbonyl (C=O) groups excluding carboxylic acids is 2. The maximum atomic E-state index is 12.4. The van der Waals surface area contributed by atoms with Gasteiger partial charge in [0.05, 0.1) is 12.7 Å². The van der Waals surface area contributed by atoms with Crippen molar-refractivity contribution in [3.8, 4) is 0 Å². The Labute approximate surface area is 179 Å². The number of amides is 2. The molecule has 1 atom stereocenters. The predicted molar refractivity (Wildman–Crippen MR) is 114 cm³/mol. The summed E-state index contributed by atoms with van der Waals surface area (Å²) in [7, 11) is 0. The Bertz CT molecular complexity index is 852. The number of aliphatic carboxylic acids is 1. The van der Waals surface area contributed by atoms with Crippen LogP contribution in [0.4, 0.5) is 0 Å². The molecule has 0 aromatic carbocycles. The van der Waals surface area contributed by atoms with Crippen LogP contribution in [0.2, 0.25) is 0 Å². The van der Waals surface area contributed by atoms with Gasteiger partial charge in [0, 0.05) is 42.9 Å². The average Bonchev–Trinajstić information content (AvgIpc) is 3.44. The molecule has 7 nitrogen and oxygen atoms in total. The van der Waals surface area contributed by atoms with Crippen molar-refractivity contribution in [1.29, 1.82) is 0 Å². The fourth-order valence-electron chi connectivity index (χ4n) is 3.56. The molecular formula is C22H26N2O5S. The van der Waals surface area contributed by atoms with Crippen LogP contribution in [0, 0.1) is 5.92 Å². The number of carboxylic acid groups (broad SMARTS) is 1. The molecule has 2 amide bonds.